The number of aryl methyl sites for hydroxylation is 2. The van der Waals surface area contributed by atoms with Gasteiger partial charge in [-0.3, -0.25) is 19.2 Å². The van der Waals surface area contributed by atoms with Crippen molar-refractivity contribution >= 4 is 108 Å². The lowest BCUT2D eigenvalue weighted by atomic mass is 9.77. The summed E-state index contributed by atoms with van der Waals surface area (Å²) in [5, 5.41) is 0. The molecule has 0 spiro atoms. The molecule has 0 aromatic heterocycles. The smallest absolute Gasteiger partial charge is 0.373 e. The van der Waals surface area contributed by atoms with Crippen LogP contribution in [-0.2, 0) is 96.5 Å². The summed E-state index contributed by atoms with van der Waals surface area (Å²) in [6.45, 7) is 54.3. The number of halogens is 1. The minimum absolute atomic E-state index is 0.0226. The fourth-order valence-corrected chi connectivity index (χ4v) is 12.9. The number of sulfonamides is 2. The first kappa shape index (κ1) is 114. The Hall–Kier alpha value is -8.43. The van der Waals surface area contributed by atoms with Crippen molar-refractivity contribution in [1.29, 1.82) is 1.34 Å². The van der Waals surface area contributed by atoms with Crippen LogP contribution in [0.15, 0.2) is 169 Å². The SMILES string of the molecule is C=CCC(CC)(CC(=C)C)C(=O)OCC.C=CCC(CC)(CC=C)C(=O)OCC.C=CCN(CC(=C)C)S(=O)(=O)c1ccc(C)cc1.CC1=CCN(S(=O)(=O)c2ccc(C)cc2)C1.CCOC(=O)C1(CC)CC=C(C)C1.CCOC(=O)C1(CC)CC=CC1.O=C=O.O=C=O.O=C=O.O=C=O.[2H][B].[B]C.[B]F.[B][B]. The number of ether oxygens (including phenoxy) is 4. The number of carbonyl (C=O) groups excluding carboxylic acids is 12. The molecule has 0 bridgehead atoms. The van der Waals surface area contributed by atoms with E-state index in [4.69, 9.17) is 63.0 Å². The van der Waals surface area contributed by atoms with Gasteiger partial charge < -0.3 is 23.3 Å². The largest absolute Gasteiger partial charge is 0.466 e. The van der Waals surface area contributed by atoms with Gasteiger partial charge in [-0.15, -0.1) is 32.9 Å². The highest BCUT2D eigenvalue weighted by Gasteiger charge is 2.41. The monoisotopic (exact) mass is 1530 g/mol. The average molecular weight is 1530 g/mol. The van der Waals surface area contributed by atoms with Crippen LogP contribution < -0.4 is 0 Å². The lowest BCUT2D eigenvalue weighted by Gasteiger charge is -2.29. The Balaban J connectivity index is -0.000000148. The zero-order valence-electron chi connectivity index (χ0n) is 66.8. The van der Waals surface area contributed by atoms with Crippen LogP contribution in [0.1, 0.15) is 171 Å². The third kappa shape index (κ3) is 47.8. The molecule has 0 amide bonds. The summed E-state index contributed by atoms with van der Waals surface area (Å²) in [4.78, 5) is 113. The second kappa shape index (κ2) is 70.6. The Morgan fingerprint density at radius 1 is 0.570 bits per heavy atom. The number of nitrogens with zero attached hydrogens (tertiary/aromatic N) is 2. The van der Waals surface area contributed by atoms with E-state index in [0.717, 1.165) is 79.2 Å². The first-order valence-corrected chi connectivity index (χ1v) is 36.6. The maximum atomic E-state index is 12.4. The first-order valence-electron chi connectivity index (χ1n) is 34.3. The fourth-order valence-electron chi connectivity index (χ4n) is 10.0. The van der Waals surface area contributed by atoms with Crippen LogP contribution in [0.5, 0.6) is 0 Å². The minimum Gasteiger partial charge on any atom is -0.466 e. The van der Waals surface area contributed by atoms with Crippen LogP contribution in [0.25, 0.3) is 0 Å². The van der Waals surface area contributed by atoms with Crippen LogP contribution in [0.2, 0.25) is 6.82 Å². The predicted octanol–water partition coefficient (Wildman–Crippen LogP) is 12.8. The van der Waals surface area contributed by atoms with Crippen LogP contribution in [-0.4, -0.2) is 168 Å². The Labute approximate surface area is 647 Å². The van der Waals surface area contributed by atoms with E-state index in [1.165, 1.54) is 21.0 Å². The maximum absolute atomic E-state index is 12.4. The zero-order chi connectivity index (χ0) is 86.2. The van der Waals surface area contributed by atoms with Crippen molar-refractivity contribution in [3.05, 3.63) is 170 Å². The van der Waals surface area contributed by atoms with Gasteiger partial charge in [0.15, 0.2) is 0 Å². The van der Waals surface area contributed by atoms with Gasteiger partial charge in [0.2, 0.25) is 20.0 Å². The van der Waals surface area contributed by atoms with E-state index >= 15 is 0 Å². The van der Waals surface area contributed by atoms with Gasteiger partial charge >= 0.3 is 56.6 Å². The third-order valence-electron chi connectivity index (χ3n) is 15.6. The summed E-state index contributed by atoms with van der Waals surface area (Å²) in [5.41, 5.74) is 4.96. The summed E-state index contributed by atoms with van der Waals surface area (Å²) in [5.74, 6) is -0.319. The Kier molecular flexibility index (Phi) is 75.4. The molecule has 0 saturated carbocycles. The molecule has 0 fully saturated rings. The van der Waals surface area contributed by atoms with E-state index in [1.54, 1.807) is 67.6 Å². The summed E-state index contributed by atoms with van der Waals surface area (Å²) in [6, 6.07) is 13.8. The molecule has 2 aliphatic carbocycles. The van der Waals surface area contributed by atoms with Crippen molar-refractivity contribution in [2.75, 3.05) is 52.6 Å². The van der Waals surface area contributed by atoms with Gasteiger partial charge in [-0.1, -0.05) is 147 Å². The Morgan fingerprint density at radius 3 is 1.21 bits per heavy atom. The number of allylic oxidation sites excluding steroid dienone is 8. The number of benzene rings is 2. The second-order valence-electron chi connectivity index (χ2n) is 23.2. The topological polar surface area (TPSA) is 317 Å². The number of esters is 4. The molecule has 22 nitrogen and oxygen atoms in total. The first-order chi connectivity index (χ1) is 51.1. The van der Waals surface area contributed by atoms with E-state index in [-0.39, 0.29) is 65.9 Å². The Bertz CT molecular complexity index is 3300. The Morgan fingerprint density at radius 2 is 0.925 bits per heavy atom. The number of hydrogen-bond donors (Lipinski definition) is 0. The molecule has 1 heterocycles. The van der Waals surface area contributed by atoms with E-state index in [1.807, 2.05) is 94.4 Å². The van der Waals surface area contributed by atoms with Gasteiger partial charge in [-0.05, 0) is 172 Å². The molecular formula is C77H114B5FN2O20S2. The van der Waals surface area contributed by atoms with Crippen LogP contribution in [0.4, 0.5) is 4.32 Å². The molecule has 2 aromatic carbocycles. The molecule has 2 atom stereocenters. The molecule has 0 N–H and O–H groups in total. The molecular weight excluding hydrogens is 1410 g/mol. The van der Waals surface area contributed by atoms with Gasteiger partial charge in [-0.2, -0.15) is 47.0 Å². The number of hydrogen-bond acceptors (Lipinski definition) is 20. The molecule has 2 unspecified atom stereocenters. The van der Waals surface area contributed by atoms with Crippen molar-refractivity contribution in [3.8, 4) is 0 Å². The van der Waals surface area contributed by atoms with Gasteiger partial charge in [0.05, 0.1) is 65.7 Å². The van der Waals surface area contributed by atoms with E-state index in [0.29, 0.717) is 81.5 Å². The highest BCUT2D eigenvalue weighted by molar-refractivity contribution is 7.89. The van der Waals surface area contributed by atoms with Crippen LogP contribution in [0.3, 0.4) is 0 Å². The van der Waals surface area contributed by atoms with Crippen molar-refractivity contribution in [3.63, 3.8) is 0 Å². The molecule has 107 heavy (non-hydrogen) atoms. The van der Waals surface area contributed by atoms with Crippen molar-refractivity contribution in [2.24, 2.45) is 21.7 Å². The molecule has 3 aliphatic rings. The maximum Gasteiger partial charge on any atom is 0.373 e. The van der Waals surface area contributed by atoms with E-state index < -0.39 is 30.9 Å². The van der Waals surface area contributed by atoms with Gasteiger partial charge in [0, 0.05) is 50.0 Å². The zero-order valence-corrected chi connectivity index (χ0v) is 67.4. The summed E-state index contributed by atoms with van der Waals surface area (Å²) in [6.07, 6.45) is 25.4. The lowest BCUT2D eigenvalue weighted by Crippen LogP contribution is -2.32. The molecule has 1 aliphatic heterocycles. The summed E-state index contributed by atoms with van der Waals surface area (Å²) in [7, 11) is 12.5. The molecule has 586 valence electrons. The standard InChI is InChI=1S/C14H19NO2S.C13H22O2.C12H15NO2S.C12H20O2.C11H18O2.C10H16O2.CH3B.4CO2.B2.BF.BH/c1-5-10-15(11-12(2)3)18(16,17)14-8-6-13(4)7-9-14;1-6-9-13(7-2,10-11(4)5)12(14)15-8-3;1-10-3-5-12(6-4-10)16(14,15)13-8-7-11(2)9-13;1-5-9-12(7-3,10-6-2)11(13)14-8-4;1-4-11(10(12)13-5-2)7-6-9(3)8-11;1-3-10(7-5-6-8-10)9(11)12-4-2;1-2;4*2-1-3;2*1-2;/h5-9H,1-2,10-11H2,3-4H3;6H,1,4,7-10H2,2-3,5H3;3-7H,8-9H2,1-2H3;5-6H,1-2,7-10H2,3-4H3;6H,4-5,7-8H2,1-3H3;5-6H,3-4,7-8H2,1-2H3;1H3;;;;;;;1H/i;;;;;;;;;;;;;1D. The second-order valence-corrected chi connectivity index (χ2v) is 27.1. The van der Waals surface area contributed by atoms with Crippen molar-refractivity contribution < 1.29 is 97.6 Å². The third-order valence-corrected chi connectivity index (χ3v) is 19.2. The molecule has 5 rings (SSSR count). The molecule has 10 radical (unpaired) electrons. The molecule has 30 heteroatoms. The van der Waals surface area contributed by atoms with E-state index in [9.17, 15) is 36.0 Å². The number of rotatable bonds is 28. The summed E-state index contributed by atoms with van der Waals surface area (Å²) < 4.78 is 86.6. The van der Waals surface area contributed by atoms with Crippen LogP contribution >= 0.6 is 0 Å². The molecule has 2 aromatic rings. The minimum atomic E-state index is -3.47. The van der Waals surface area contributed by atoms with Gasteiger partial charge in [0.25, 0.3) is 0 Å². The van der Waals surface area contributed by atoms with E-state index in [2.05, 4.69) is 111 Å². The quantitative estimate of drug-likeness (QED) is 0.0331. The van der Waals surface area contributed by atoms with Crippen LogP contribution in [0, 0.1) is 35.5 Å². The van der Waals surface area contributed by atoms with Crippen molar-refractivity contribution in [2.45, 2.75) is 191 Å². The lowest BCUT2D eigenvalue weighted by molar-refractivity contribution is -0.193. The average Bonchev–Trinajstić information content (AvgIpc) is 1.55. The predicted molar refractivity (Wildman–Crippen MR) is 418 cm³/mol. The molecule has 0 saturated heterocycles. The number of carbonyl (C=O) groups is 4. The highest BCUT2D eigenvalue weighted by Crippen LogP contribution is 2.42. The summed E-state index contributed by atoms with van der Waals surface area (Å²) >= 11 is 0. The normalized spacial score (nSPS) is 13.9. The highest BCUT2D eigenvalue weighted by atomic mass is 32.2. The van der Waals surface area contributed by atoms with Gasteiger partial charge in [-0.25, -0.2) is 16.8 Å². The van der Waals surface area contributed by atoms with Crippen molar-refractivity contribution in [1.82, 2.24) is 8.61 Å². The van der Waals surface area contributed by atoms with Gasteiger partial charge in [0.1, 0.15) is 0 Å². The fraction of sp³-hybridized carbons (Fsp3) is 0.506.